The van der Waals surface area contributed by atoms with Crippen molar-refractivity contribution in [1.82, 2.24) is 0 Å². The quantitative estimate of drug-likeness (QED) is 0.287. The lowest BCUT2D eigenvalue weighted by Gasteiger charge is -2.52. The molecule has 0 aromatic carbocycles. The van der Waals surface area contributed by atoms with Crippen LogP contribution in [0.5, 0.6) is 0 Å². The van der Waals surface area contributed by atoms with Crippen LogP contribution in [-0.4, -0.2) is 0 Å². The highest BCUT2D eigenvalue weighted by molar-refractivity contribution is 4.98. The van der Waals surface area contributed by atoms with Crippen LogP contribution in [0.4, 0.5) is 0 Å². The van der Waals surface area contributed by atoms with Gasteiger partial charge >= 0.3 is 0 Å². The number of unbranched alkanes of at least 4 members (excludes halogenated alkanes) is 1. The van der Waals surface area contributed by atoms with Crippen LogP contribution in [0.3, 0.4) is 0 Å². The summed E-state index contributed by atoms with van der Waals surface area (Å²) in [6.45, 7) is 17.3. The first-order valence-corrected chi connectivity index (χ1v) is 18.9. The highest BCUT2D eigenvalue weighted by Gasteiger charge is 2.49. The second-order valence-electron chi connectivity index (χ2n) is 16.3. The van der Waals surface area contributed by atoms with Gasteiger partial charge in [0.25, 0.3) is 0 Å². The summed E-state index contributed by atoms with van der Waals surface area (Å²) >= 11 is 0. The molecule has 0 nitrogen and oxygen atoms in total. The lowest BCUT2D eigenvalue weighted by Crippen LogP contribution is -2.44. The van der Waals surface area contributed by atoms with Gasteiger partial charge in [0.1, 0.15) is 0 Å². The standard InChI is InChI=1S/C24H44.C15H28/c1-5-8-11-21-17(4)15-20-10-9-12-22(20)24(21)23-14-13-18(6-2)16-19(23)7-3;1-4-13-7-6-12(3)15(10-13)14-8-5-11(2)9-14/h17-24H,5-16H2,1-4H3;11-15H,4-10H2,1-3H3. The fraction of sp³-hybridized carbons (Fsp3) is 1.00. The van der Waals surface area contributed by atoms with Crippen LogP contribution in [0.15, 0.2) is 0 Å². The zero-order valence-electron chi connectivity index (χ0n) is 27.9. The van der Waals surface area contributed by atoms with E-state index >= 15 is 0 Å². The normalized spacial score (nSPS) is 46.4. The topological polar surface area (TPSA) is 0 Å². The first-order chi connectivity index (χ1) is 18.9. The van der Waals surface area contributed by atoms with E-state index in [2.05, 4.69) is 48.5 Å². The van der Waals surface area contributed by atoms with Crippen molar-refractivity contribution in [3.8, 4) is 0 Å². The minimum absolute atomic E-state index is 1.00. The third kappa shape index (κ3) is 7.89. The SMILES string of the molecule is CCC1CCC(C)C(C2CCC(C)C2)C1.CCCCC1C(C)CC2CCCC2C1C1CCC(CC)CC1CC. The van der Waals surface area contributed by atoms with E-state index in [4.69, 9.17) is 0 Å². The molecule has 13 unspecified atom stereocenters. The molecule has 0 bridgehead atoms. The van der Waals surface area contributed by atoms with E-state index in [0.717, 1.165) is 76.9 Å². The Kier molecular flexibility index (Phi) is 12.7. The second-order valence-corrected chi connectivity index (χ2v) is 16.3. The number of hydrogen-bond acceptors (Lipinski definition) is 0. The number of rotatable bonds is 8. The Hall–Kier alpha value is 0. The van der Waals surface area contributed by atoms with Gasteiger partial charge in [-0.2, -0.15) is 0 Å². The maximum Gasteiger partial charge on any atom is -0.0321 e. The van der Waals surface area contributed by atoms with E-state index in [0.29, 0.717) is 0 Å². The minimum Gasteiger partial charge on any atom is -0.0654 e. The summed E-state index contributed by atoms with van der Waals surface area (Å²) in [5, 5.41) is 0. The van der Waals surface area contributed by atoms with Gasteiger partial charge in [-0.3, -0.25) is 0 Å². The third-order valence-corrected chi connectivity index (χ3v) is 14.0. The van der Waals surface area contributed by atoms with Crippen LogP contribution >= 0.6 is 0 Å². The van der Waals surface area contributed by atoms with Gasteiger partial charge in [0.05, 0.1) is 0 Å². The summed E-state index contributed by atoms with van der Waals surface area (Å²) in [5.41, 5.74) is 0. The zero-order valence-corrected chi connectivity index (χ0v) is 27.9. The van der Waals surface area contributed by atoms with Gasteiger partial charge in [-0.15, -0.1) is 0 Å². The van der Waals surface area contributed by atoms with Crippen molar-refractivity contribution in [1.29, 1.82) is 0 Å². The predicted octanol–water partition coefficient (Wildman–Crippen LogP) is 12.6. The highest BCUT2D eigenvalue weighted by atomic mass is 14.5. The summed E-state index contributed by atoms with van der Waals surface area (Å²) in [6, 6.07) is 0. The van der Waals surface area contributed by atoms with E-state index in [1.807, 2.05) is 0 Å². The van der Waals surface area contributed by atoms with Crippen molar-refractivity contribution < 1.29 is 0 Å². The van der Waals surface area contributed by atoms with Crippen molar-refractivity contribution in [2.75, 3.05) is 0 Å². The van der Waals surface area contributed by atoms with Crippen LogP contribution in [0.25, 0.3) is 0 Å². The van der Waals surface area contributed by atoms with Crippen molar-refractivity contribution in [3.63, 3.8) is 0 Å². The van der Waals surface area contributed by atoms with Gasteiger partial charge < -0.3 is 0 Å². The maximum absolute atomic E-state index is 2.63. The molecule has 0 N–H and O–H groups in total. The summed E-state index contributed by atoms with van der Waals surface area (Å²) in [6.07, 6.45) is 28.8. The van der Waals surface area contributed by atoms with E-state index in [-0.39, 0.29) is 0 Å². The lowest BCUT2D eigenvalue weighted by atomic mass is 9.53. The first-order valence-electron chi connectivity index (χ1n) is 18.9. The molecule has 5 aliphatic rings. The predicted molar refractivity (Wildman–Crippen MR) is 173 cm³/mol. The van der Waals surface area contributed by atoms with Gasteiger partial charge in [0.15, 0.2) is 0 Å². The molecule has 39 heavy (non-hydrogen) atoms. The maximum atomic E-state index is 2.63. The van der Waals surface area contributed by atoms with E-state index in [1.54, 1.807) is 51.4 Å². The lowest BCUT2D eigenvalue weighted by molar-refractivity contribution is -0.0276. The number of fused-ring (bicyclic) bond motifs is 1. The molecule has 5 aliphatic carbocycles. The molecule has 0 heterocycles. The Bertz CT molecular complexity index is 680. The molecule has 0 aliphatic heterocycles. The molecule has 0 radical (unpaired) electrons. The molecule has 0 spiro atoms. The molecule has 0 amide bonds. The highest BCUT2D eigenvalue weighted by Crippen LogP contribution is 2.57. The molecule has 0 saturated heterocycles. The first kappa shape index (κ1) is 31.9. The summed E-state index contributed by atoms with van der Waals surface area (Å²) in [7, 11) is 0. The van der Waals surface area contributed by atoms with Gasteiger partial charge in [0, 0.05) is 0 Å². The fourth-order valence-corrected chi connectivity index (χ4v) is 11.6. The molecular formula is C39H72. The van der Waals surface area contributed by atoms with E-state index in [1.165, 1.54) is 70.6 Å². The monoisotopic (exact) mass is 541 g/mol. The van der Waals surface area contributed by atoms with Gasteiger partial charge in [-0.1, -0.05) is 119 Å². The van der Waals surface area contributed by atoms with Crippen LogP contribution in [0.2, 0.25) is 0 Å². The Balaban J connectivity index is 0.000000202. The molecule has 0 aromatic heterocycles. The summed E-state index contributed by atoms with van der Waals surface area (Å²) in [4.78, 5) is 0. The molecule has 0 aromatic rings. The Labute approximate surface area is 247 Å². The van der Waals surface area contributed by atoms with Crippen molar-refractivity contribution in [2.24, 2.45) is 76.9 Å². The molecular weight excluding hydrogens is 468 g/mol. The second kappa shape index (κ2) is 15.5. The smallest absolute Gasteiger partial charge is 0.0321 e. The Morgan fingerprint density at radius 1 is 0.538 bits per heavy atom. The fourth-order valence-electron chi connectivity index (χ4n) is 11.6. The van der Waals surface area contributed by atoms with Crippen LogP contribution in [-0.2, 0) is 0 Å². The summed E-state index contributed by atoms with van der Waals surface area (Å²) < 4.78 is 0. The van der Waals surface area contributed by atoms with Gasteiger partial charge in [-0.25, -0.2) is 0 Å². The van der Waals surface area contributed by atoms with E-state index < -0.39 is 0 Å². The molecule has 228 valence electrons. The average molecular weight is 541 g/mol. The molecule has 5 rings (SSSR count). The van der Waals surface area contributed by atoms with Crippen LogP contribution < -0.4 is 0 Å². The average Bonchev–Trinajstić information content (AvgIpc) is 3.60. The van der Waals surface area contributed by atoms with Gasteiger partial charge in [0.2, 0.25) is 0 Å². The van der Waals surface area contributed by atoms with E-state index in [9.17, 15) is 0 Å². The third-order valence-electron chi connectivity index (χ3n) is 14.0. The molecule has 13 atom stereocenters. The van der Waals surface area contributed by atoms with Crippen molar-refractivity contribution in [2.45, 2.75) is 170 Å². The summed E-state index contributed by atoms with van der Waals surface area (Å²) in [5.74, 6) is 13.8. The molecule has 0 heteroatoms. The van der Waals surface area contributed by atoms with Crippen LogP contribution in [0.1, 0.15) is 170 Å². The Morgan fingerprint density at radius 2 is 1.26 bits per heavy atom. The Morgan fingerprint density at radius 3 is 1.92 bits per heavy atom. The number of hydrogen-bond donors (Lipinski definition) is 0. The largest absolute Gasteiger partial charge is 0.0654 e. The zero-order chi connectivity index (χ0) is 27.9. The van der Waals surface area contributed by atoms with Crippen LogP contribution in [0, 0.1) is 76.9 Å². The molecule has 5 fully saturated rings. The van der Waals surface area contributed by atoms with Gasteiger partial charge in [-0.05, 0) is 128 Å². The minimum atomic E-state index is 1.00. The molecule has 5 saturated carbocycles. The van der Waals surface area contributed by atoms with Crippen molar-refractivity contribution in [3.05, 3.63) is 0 Å². The van der Waals surface area contributed by atoms with Crippen molar-refractivity contribution >= 4 is 0 Å².